The molecule has 2 aliphatic heterocycles. The SMILES string of the molecule is CCCCOC1C(=O)[C@]2(Br)CN3CCOCC[C@@H](C)NC(=O)C132. The summed E-state index contributed by atoms with van der Waals surface area (Å²) in [7, 11) is 0. The Kier molecular flexibility index (Phi) is 4.84. The Bertz CT molecular complexity index is 502. The molecule has 1 saturated carbocycles. The number of ether oxygens (including phenoxy) is 2. The van der Waals surface area contributed by atoms with Gasteiger partial charge in [-0.05, 0) is 19.8 Å². The number of rotatable bonds is 4. The lowest BCUT2D eigenvalue weighted by Crippen LogP contribution is -2.97. The lowest BCUT2D eigenvalue weighted by Gasteiger charge is -2.71. The molecule has 3 fully saturated rings. The highest BCUT2D eigenvalue weighted by Gasteiger charge is 2.85. The third-order valence-electron chi connectivity index (χ3n) is 5.23. The molecule has 1 N–H and O–H groups in total. The molecule has 0 aromatic carbocycles. The van der Waals surface area contributed by atoms with Crippen molar-refractivity contribution in [2.24, 2.45) is 0 Å². The molecule has 0 aromatic heterocycles. The van der Waals surface area contributed by atoms with Crippen LogP contribution >= 0.6 is 15.9 Å². The molecule has 0 aromatic rings. The van der Waals surface area contributed by atoms with Gasteiger partial charge < -0.3 is 14.8 Å². The summed E-state index contributed by atoms with van der Waals surface area (Å²) in [6, 6.07) is 0.0150. The second kappa shape index (κ2) is 6.43. The number of hydrogen-bond acceptors (Lipinski definition) is 5. The number of hydrogen-bond donors (Lipinski definition) is 1. The molecule has 0 bridgehead atoms. The zero-order valence-corrected chi connectivity index (χ0v) is 15.4. The molecule has 1 aliphatic carbocycles. The molecule has 3 aliphatic rings. The maximum Gasteiger partial charge on any atom is 0.245 e. The Balaban J connectivity index is 1.85. The fourth-order valence-corrected chi connectivity index (χ4v) is 4.96. The van der Waals surface area contributed by atoms with Crippen LogP contribution < -0.4 is 5.32 Å². The first-order chi connectivity index (χ1) is 11.0. The van der Waals surface area contributed by atoms with E-state index in [0.29, 0.717) is 32.9 Å². The minimum Gasteiger partial charge on any atom is -0.380 e. The van der Waals surface area contributed by atoms with Gasteiger partial charge in [0, 0.05) is 32.3 Å². The van der Waals surface area contributed by atoms with Gasteiger partial charge in [0.05, 0.1) is 6.61 Å². The van der Waals surface area contributed by atoms with Crippen LogP contribution in [0.25, 0.3) is 0 Å². The van der Waals surface area contributed by atoms with Gasteiger partial charge in [0.25, 0.3) is 0 Å². The topological polar surface area (TPSA) is 67.9 Å². The first-order valence-electron chi connectivity index (χ1n) is 8.47. The van der Waals surface area contributed by atoms with Gasteiger partial charge in [0.2, 0.25) is 5.91 Å². The fraction of sp³-hybridized carbons (Fsp3) is 0.875. The van der Waals surface area contributed by atoms with Crippen LogP contribution in [0.1, 0.15) is 33.1 Å². The van der Waals surface area contributed by atoms with Gasteiger partial charge in [-0.25, -0.2) is 0 Å². The Morgan fingerprint density at radius 1 is 1.43 bits per heavy atom. The maximum atomic E-state index is 13.0. The number of Topliss-reactive ketones (excluding diaryl/α,β-unsaturated/α-hetero) is 1. The Hall–Kier alpha value is -0.500. The van der Waals surface area contributed by atoms with Crippen molar-refractivity contribution in [3.8, 4) is 0 Å². The molecule has 6 nitrogen and oxygen atoms in total. The Morgan fingerprint density at radius 3 is 2.96 bits per heavy atom. The molecule has 3 rings (SSSR count). The van der Waals surface area contributed by atoms with E-state index in [9.17, 15) is 9.59 Å². The van der Waals surface area contributed by atoms with E-state index in [2.05, 4.69) is 28.2 Å². The highest BCUT2D eigenvalue weighted by molar-refractivity contribution is 9.10. The molecule has 130 valence electrons. The third-order valence-corrected chi connectivity index (χ3v) is 6.47. The zero-order valence-electron chi connectivity index (χ0n) is 13.8. The van der Waals surface area contributed by atoms with Crippen molar-refractivity contribution in [2.75, 3.05) is 32.9 Å². The summed E-state index contributed by atoms with van der Waals surface area (Å²) in [6.07, 6.45) is 1.96. The third kappa shape index (κ3) is 2.39. The quantitative estimate of drug-likeness (QED) is 0.571. The number of ketones is 1. The van der Waals surface area contributed by atoms with Crippen LogP contribution in [0.4, 0.5) is 0 Å². The number of piperidine rings is 1. The largest absolute Gasteiger partial charge is 0.380 e. The second-order valence-electron chi connectivity index (χ2n) is 6.73. The number of carbonyl (C=O) groups excluding carboxylic acids is 2. The van der Waals surface area contributed by atoms with Gasteiger partial charge >= 0.3 is 0 Å². The number of carbonyl (C=O) groups is 2. The second-order valence-corrected chi connectivity index (χ2v) is 8.09. The van der Waals surface area contributed by atoms with Crippen LogP contribution in [0, 0.1) is 0 Å². The Morgan fingerprint density at radius 2 is 2.22 bits per heavy atom. The van der Waals surface area contributed by atoms with Gasteiger partial charge in [-0.2, -0.15) is 0 Å². The summed E-state index contributed by atoms with van der Waals surface area (Å²) < 4.78 is 10.7. The molecule has 1 spiro atoms. The number of unbranched alkanes of at least 4 members (excludes halogenated alkanes) is 1. The molecule has 2 saturated heterocycles. The molecule has 23 heavy (non-hydrogen) atoms. The van der Waals surface area contributed by atoms with Crippen molar-refractivity contribution >= 4 is 27.6 Å². The summed E-state index contributed by atoms with van der Waals surface area (Å²) in [5.41, 5.74) is -0.924. The van der Waals surface area contributed by atoms with Gasteiger partial charge in [0.1, 0.15) is 10.4 Å². The van der Waals surface area contributed by atoms with Crippen LogP contribution in [-0.4, -0.2) is 71.5 Å². The Labute approximate surface area is 145 Å². The molecule has 2 unspecified atom stereocenters. The number of nitrogens with one attached hydrogen (secondary N) is 1. The normalized spacial score (nSPS) is 41.2. The standard InChI is InChI=1S/C16H25BrN2O4/c1-3-4-7-23-13-12(20)15(17)10-19-6-9-22-8-5-11(2)18-14(21)16(13,15)19/h11,13H,3-10H2,1-2H3,(H,18,21)/t11-,13?,15-,16?/m1/s1. The van der Waals surface area contributed by atoms with Crippen LogP contribution in [0.3, 0.4) is 0 Å². The predicted molar refractivity (Wildman–Crippen MR) is 88.7 cm³/mol. The van der Waals surface area contributed by atoms with Crippen LogP contribution in [0.5, 0.6) is 0 Å². The lowest BCUT2D eigenvalue weighted by atomic mass is 9.54. The molecular formula is C16H25BrN2O4. The average Bonchev–Trinajstić information content (AvgIpc) is 2.50. The maximum absolute atomic E-state index is 13.0. The molecule has 1 amide bonds. The van der Waals surface area contributed by atoms with Crippen molar-refractivity contribution in [1.82, 2.24) is 10.2 Å². The van der Waals surface area contributed by atoms with Gasteiger partial charge in [-0.15, -0.1) is 0 Å². The van der Waals surface area contributed by atoms with Crippen LogP contribution in [0.2, 0.25) is 0 Å². The van der Waals surface area contributed by atoms with Crippen molar-refractivity contribution in [2.45, 2.75) is 55.1 Å². The van der Waals surface area contributed by atoms with Gasteiger partial charge in [-0.3, -0.25) is 14.5 Å². The van der Waals surface area contributed by atoms with E-state index in [1.54, 1.807) is 0 Å². The smallest absolute Gasteiger partial charge is 0.245 e. The summed E-state index contributed by atoms with van der Waals surface area (Å²) in [5, 5.41) is 3.05. The number of alkyl halides is 1. The average molecular weight is 389 g/mol. The van der Waals surface area contributed by atoms with E-state index in [4.69, 9.17) is 9.47 Å². The van der Waals surface area contributed by atoms with E-state index in [1.165, 1.54) is 0 Å². The fourth-order valence-electron chi connectivity index (χ4n) is 3.81. The molecule has 2 heterocycles. The minimum atomic E-state index is -0.924. The van der Waals surface area contributed by atoms with E-state index < -0.39 is 16.0 Å². The minimum absolute atomic E-state index is 0.00867. The number of amides is 1. The summed E-state index contributed by atoms with van der Waals surface area (Å²) in [5.74, 6) is -0.109. The van der Waals surface area contributed by atoms with Gasteiger partial charge in [0.15, 0.2) is 11.3 Å². The van der Waals surface area contributed by atoms with E-state index in [-0.39, 0.29) is 17.7 Å². The summed E-state index contributed by atoms with van der Waals surface area (Å²) >= 11 is 3.56. The highest BCUT2D eigenvalue weighted by Crippen LogP contribution is 2.59. The number of nitrogens with zero attached hydrogens (tertiary/aromatic N) is 1. The van der Waals surface area contributed by atoms with E-state index in [0.717, 1.165) is 19.3 Å². The van der Waals surface area contributed by atoms with Crippen LogP contribution in [0.15, 0.2) is 0 Å². The molecule has 4 atom stereocenters. The van der Waals surface area contributed by atoms with Crippen molar-refractivity contribution in [3.63, 3.8) is 0 Å². The lowest BCUT2D eigenvalue weighted by molar-refractivity contribution is -0.217. The first-order valence-corrected chi connectivity index (χ1v) is 9.26. The van der Waals surface area contributed by atoms with Crippen molar-refractivity contribution in [1.29, 1.82) is 0 Å². The molecular weight excluding hydrogens is 364 g/mol. The zero-order chi connectivity index (χ0) is 16.7. The summed E-state index contributed by atoms with van der Waals surface area (Å²) in [4.78, 5) is 27.6. The highest BCUT2D eigenvalue weighted by atomic mass is 79.9. The van der Waals surface area contributed by atoms with Crippen LogP contribution in [-0.2, 0) is 19.1 Å². The monoisotopic (exact) mass is 388 g/mol. The van der Waals surface area contributed by atoms with Crippen molar-refractivity contribution in [3.05, 3.63) is 0 Å². The molecule has 0 radical (unpaired) electrons. The van der Waals surface area contributed by atoms with E-state index >= 15 is 0 Å². The van der Waals surface area contributed by atoms with Crippen molar-refractivity contribution < 1.29 is 19.1 Å². The molecule has 7 heteroatoms. The van der Waals surface area contributed by atoms with E-state index in [1.807, 2.05) is 11.8 Å². The first kappa shape index (κ1) is 17.3. The summed E-state index contributed by atoms with van der Waals surface area (Å²) in [6.45, 7) is 6.92. The predicted octanol–water partition coefficient (Wildman–Crippen LogP) is 0.868. The van der Waals surface area contributed by atoms with Gasteiger partial charge in [-0.1, -0.05) is 29.3 Å². The number of halogens is 1.